The standard InChI is InChI=1S/C10H10N4OS/c15-9-7(1-2-12-9)16-10-8-11-3-5-14(8)6-4-13-10/h3-7H,1-2H2,(H,12,15)/t7-/m0/s1. The van der Waals surface area contributed by atoms with Gasteiger partial charge in [-0.05, 0) is 6.42 Å². The maximum atomic E-state index is 11.5. The molecule has 16 heavy (non-hydrogen) atoms. The van der Waals surface area contributed by atoms with Crippen molar-refractivity contribution in [3.63, 3.8) is 0 Å². The Labute approximate surface area is 96.3 Å². The van der Waals surface area contributed by atoms with E-state index in [9.17, 15) is 4.79 Å². The molecule has 6 heteroatoms. The van der Waals surface area contributed by atoms with Gasteiger partial charge in [0.1, 0.15) is 5.03 Å². The lowest BCUT2D eigenvalue weighted by Gasteiger charge is -2.06. The number of carbonyl (C=O) groups excluding carboxylic acids is 1. The molecule has 3 rings (SSSR count). The van der Waals surface area contributed by atoms with Gasteiger partial charge >= 0.3 is 0 Å². The number of rotatable bonds is 2. The van der Waals surface area contributed by atoms with E-state index in [1.165, 1.54) is 11.8 Å². The molecule has 2 aromatic heterocycles. The fourth-order valence-corrected chi connectivity index (χ4v) is 2.81. The predicted octanol–water partition coefficient (Wildman–Crippen LogP) is 0.710. The zero-order valence-corrected chi connectivity index (χ0v) is 9.28. The maximum absolute atomic E-state index is 11.5. The van der Waals surface area contributed by atoms with Crippen LogP contribution in [-0.2, 0) is 4.79 Å². The number of fused-ring (bicyclic) bond motifs is 1. The molecular formula is C10H10N4OS. The van der Waals surface area contributed by atoms with Crippen molar-refractivity contribution in [2.45, 2.75) is 16.7 Å². The summed E-state index contributed by atoms with van der Waals surface area (Å²) in [6.45, 7) is 0.758. The molecule has 1 atom stereocenters. The lowest BCUT2D eigenvalue weighted by Crippen LogP contribution is -2.20. The lowest BCUT2D eigenvalue weighted by molar-refractivity contribution is -0.118. The number of hydrogen-bond donors (Lipinski definition) is 1. The largest absolute Gasteiger partial charge is 0.355 e. The Morgan fingerprint density at radius 1 is 1.38 bits per heavy atom. The second kappa shape index (κ2) is 3.79. The van der Waals surface area contributed by atoms with Gasteiger partial charge in [0.25, 0.3) is 0 Å². The van der Waals surface area contributed by atoms with Gasteiger partial charge < -0.3 is 9.72 Å². The van der Waals surface area contributed by atoms with Crippen molar-refractivity contribution < 1.29 is 4.79 Å². The van der Waals surface area contributed by atoms with Crippen molar-refractivity contribution in [1.29, 1.82) is 0 Å². The van der Waals surface area contributed by atoms with Gasteiger partial charge in [0.15, 0.2) is 5.65 Å². The number of imidazole rings is 1. The van der Waals surface area contributed by atoms with E-state index in [0.29, 0.717) is 0 Å². The zero-order chi connectivity index (χ0) is 11.0. The van der Waals surface area contributed by atoms with Gasteiger partial charge in [0.2, 0.25) is 5.91 Å². The van der Waals surface area contributed by atoms with E-state index in [0.717, 1.165) is 23.6 Å². The SMILES string of the molecule is O=C1NCC[C@@H]1Sc1nccn2ccnc12. The Morgan fingerprint density at radius 3 is 2.94 bits per heavy atom. The van der Waals surface area contributed by atoms with Crippen LogP contribution in [0.25, 0.3) is 5.65 Å². The Bertz CT molecular complexity index is 538. The molecule has 5 nitrogen and oxygen atoms in total. The normalized spacial score (nSPS) is 20.2. The molecule has 2 aromatic rings. The van der Waals surface area contributed by atoms with E-state index >= 15 is 0 Å². The fraction of sp³-hybridized carbons (Fsp3) is 0.300. The Hall–Kier alpha value is -1.56. The van der Waals surface area contributed by atoms with Crippen LogP contribution < -0.4 is 5.32 Å². The molecule has 1 amide bonds. The molecular weight excluding hydrogens is 224 g/mol. The van der Waals surface area contributed by atoms with Gasteiger partial charge in [-0.1, -0.05) is 11.8 Å². The molecule has 0 radical (unpaired) electrons. The molecule has 1 saturated heterocycles. The van der Waals surface area contributed by atoms with Crippen LogP contribution >= 0.6 is 11.8 Å². The highest BCUT2D eigenvalue weighted by molar-refractivity contribution is 8.00. The first-order valence-corrected chi connectivity index (χ1v) is 5.94. The first-order chi connectivity index (χ1) is 7.84. The zero-order valence-electron chi connectivity index (χ0n) is 8.46. The summed E-state index contributed by atoms with van der Waals surface area (Å²) in [4.78, 5) is 20.0. The van der Waals surface area contributed by atoms with Crippen molar-refractivity contribution in [2.75, 3.05) is 6.54 Å². The number of carbonyl (C=O) groups is 1. The van der Waals surface area contributed by atoms with Crippen molar-refractivity contribution >= 4 is 23.3 Å². The molecule has 0 aromatic carbocycles. The van der Waals surface area contributed by atoms with Crippen LogP contribution in [0.15, 0.2) is 29.8 Å². The maximum Gasteiger partial charge on any atom is 0.233 e. The molecule has 1 aliphatic rings. The van der Waals surface area contributed by atoms with E-state index < -0.39 is 0 Å². The van der Waals surface area contributed by atoms with Gasteiger partial charge in [-0.15, -0.1) is 0 Å². The molecule has 1 fully saturated rings. The van der Waals surface area contributed by atoms with E-state index in [4.69, 9.17) is 0 Å². The van der Waals surface area contributed by atoms with Crippen LogP contribution in [0.3, 0.4) is 0 Å². The van der Waals surface area contributed by atoms with E-state index in [1.54, 1.807) is 12.4 Å². The highest BCUT2D eigenvalue weighted by atomic mass is 32.2. The van der Waals surface area contributed by atoms with Crippen LogP contribution in [0.2, 0.25) is 0 Å². The molecule has 0 unspecified atom stereocenters. The average Bonchev–Trinajstić information content (AvgIpc) is 2.89. The molecule has 0 spiro atoms. The summed E-state index contributed by atoms with van der Waals surface area (Å²) in [6.07, 6.45) is 8.03. The number of nitrogens with zero attached hydrogens (tertiary/aromatic N) is 3. The summed E-state index contributed by atoms with van der Waals surface area (Å²) < 4.78 is 1.90. The first kappa shape index (κ1) is 9.65. The Balaban J connectivity index is 1.94. The average molecular weight is 234 g/mol. The van der Waals surface area contributed by atoms with Crippen molar-refractivity contribution in [3.8, 4) is 0 Å². The molecule has 82 valence electrons. The summed E-state index contributed by atoms with van der Waals surface area (Å²) in [7, 11) is 0. The van der Waals surface area contributed by atoms with E-state index in [-0.39, 0.29) is 11.2 Å². The molecule has 0 bridgehead atoms. The molecule has 1 N–H and O–H groups in total. The quantitative estimate of drug-likeness (QED) is 0.831. The number of thioether (sulfide) groups is 1. The van der Waals surface area contributed by atoms with Crippen LogP contribution in [-0.4, -0.2) is 32.1 Å². The third kappa shape index (κ3) is 1.55. The predicted molar refractivity (Wildman–Crippen MR) is 60.3 cm³/mol. The minimum atomic E-state index is -0.0320. The van der Waals surface area contributed by atoms with Gasteiger partial charge in [-0.3, -0.25) is 4.79 Å². The smallest absolute Gasteiger partial charge is 0.233 e. The van der Waals surface area contributed by atoms with Crippen LogP contribution in [0.1, 0.15) is 6.42 Å². The molecule has 3 heterocycles. The molecule has 1 aliphatic heterocycles. The third-order valence-electron chi connectivity index (χ3n) is 2.53. The number of nitrogens with one attached hydrogen (secondary N) is 1. The van der Waals surface area contributed by atoms with Crippen molar-refractivity contribution in [3.05, 3.63) is 24.8 Å². The fourth-order valence-electron chi connectivity index (χ4n) is 1.73. The highest BCUT2D eigenvalue weighted by Gasteiger charge is 2.26. The Kier molecular flexibility index (Phi) is 2.28. The number of aromatic nitrogens is 3. The number of amides is 1. The second-order valence-electron chi connectivity index (χ2n) is 3.58. The first-order valence-electron chi connectivity index (χ1n) is 5.06. The van der Waals surface area contributed by atoms with Gasteiger partial charge in [0.05, 0.1) is 5.25 Å². The monoisotopic (exact) mass is 234 g/mol. The summed E-state index contributed by atoms with van der Waals surface area (Å²) >= 11 is 1.49. The van der Waals surface area contributed by atoms with Crippen LogP contribution in [0, 0.1) is 0 Å². The van der Waals surface area contributed by atoms with Gasteiger partial charge in [-0.25, -0.2) is 9.97 Å². The van der Waals surface area contributed by atoms with Gasteiger partial charge in [0, 0.05) is 31.3 Å². The van der Waals surface area contributed by atoms with Crippen LogP contribution in [0.5, 0.6) is 0 Å². The van der Waals surface area contributed by atoms with E-state index in [1.807, 2.05) is 16.8 Å². The van der Waals surface area contributed by atoms with Gasteiger partial charge in [-0.2, -0.15) is 0 Å². The van der Waals surface area contributed by atoms with Crippen LogP contribution in [0.4, 0.5) is 0 Å². The Morgan fingerprint density at radius 2 is 2.19 bits per heavy atom. The highest BCUT2D eigenvalue weighted by Crippen LogP contribution is 2.28. The summed E-state index contributed by atoms with van der Waals surface area (Å²) in [5.74, 6) is 0.0976. The summed E-state index contributed by atoms with van der Waals surface area (Å²) in [5.41, 5.74) is 0.812. The van der Waals surface area contributed by atoms with E-state index in [2.05, 4.69) is 15.3 Å². The van der Waals surface area contributed by atoms with Crippen molar-refractivity contribution in [2.24, 2.45) is 0 Å². The summed E-state index contributed by atoms with van der Waals surface area (Å²) in [5, 5.41) is 3.60. The minimum Gasteiger partial charge on any atom is -0.355 e. The molecule has 0 saturated carbocycles. The third-order valence-corrected chi connectivity index (χ3v) is 3.78. The minimum absolute atomic E-state index is 0.0320. The number of hydrogen-bond acceptors (Lipinski definition) is 4. The second-order valence-corrected chi connectivity index (χ2v) is 4.77. The van der Waals surface area contributed by atoms with Crippen molar-refractivity contribution in [1.82, 2.24) is 19.7 Å². The topological polar surface area (TPSA) is 59.3 Å². The lowest BCUT2D eigenvalue weighted by atomic mass is 10.4. The summed E-state index contributed by atoms with van der Waals surface area (Å²) in [6, 6.07) is 0. The molecule has 0 aliphatic carbocycles.